The SMILES string of the molecule is CCOC(=O)Cc1cc(CN)cc(C#N)c1Cl. The lowest BCUT2D eigenvalue weighted by atomic mass is 10.0. The zero-order chi connectivity index (χ0) is 12.8. The number of nitriles is 1. The fraction of sp³-hybridized carbons (Fsp3) is 0.333. The molecule has 0 bridgehead atoms. The Morgan fingerprint density at radius 1 is 1.59 bits per heavy atom. The Labute approximate surface area is 105 Å². The maximum Gasteiger partial charge on any atom is 0.310 e. The van der Waals surface area contributed by atoms with Gasteiger partial charge in [-0.15, -0.1) is 0 Å². The first-order valence-corrected chi connectivity index (χ1v) is 5.57. The highest BCUT2D eigenvalue weighted by atomic mass is 35.5. The van der Waals surface area contributed by atoms with E-state index in [4.69, 9.17) is 27.3 Å². The van der Waals surface area contributed by atoms with Crippen molar-refractivity contribution in [1.82, 2.24) is 0 Å². The Morgan fingerprint density at radius 3 is 2.82 bits per heavy atom. The first kappa shape index (κ1) is 13.5. The molecule has 0 radical (unpaired) electrons. The van der Waals surface area contributed by atoms with Crippen molar-refractivity contribution in [3.8, 4) is 6.07 Å². The van der Waals surface area contributed by atoms with Gasteiger partial charge in [0, 0.05) is 6.54 Å². The van der Waals surface area contributed by atoms with Crippen molar-refractivity contribution < 1.29 is 9.53 Å². The van der Waals surface area contributed by atoms with E-state index in [0.717, 1.165) is 5.56 Å². The third kappa shape index (κ3) is 3.45. The van der Waals surface area contributed by atoms with Gasteiger partial charge in [-0.2, -0.15) is 5.26 Å². The highest BCUT2D eigenvalue weighted by Crippen LogP contribution is 2.23. The predicted molar refractivity (Wildman–Crippen MR) is 64.4 cm³/mol. The van der Waals surface area contributed by atoms with Crippen molar-refractivity contribution >= 4 is 17.6 Å². The topological polar surface area (TPSA) is 76.1 Å². The zero-order valence-corrected chi connectivity index (χ0v) is 10.3. The van der Waals surface area contributed by atoms with Crippen molar-refractivity contribution in [2.24, 2.45) is 5.73 Å². The highest BCUT2D eigenvalue weighted by molar-refractivity contribution is 6.32. The molecule has 0 spiro atoms. The Bertz CT molecular complexity index is 466. The molecule has 1 rings (SSSR count). The van der Waals surface area contributed by atoms with Crippen LogP contribution in [0.2, 0.25) is 5.02 Å². The molecule has 0 saturated carbocycles. The van der Waals surface area contributed by atoms with E-state index in [1.165, 1.54) is 0 Å². The van der Waals surface area contributed by atoms with E-state index in [0.29, 0.717) is 24.3 Å². The maximum absolute atomic E-state index is 11.4. The van der Waals surface area contributed by atoms with Crippen molar-refractivity contribution in [3.63, 3.8) is 0 Å². The zero-order valence-electron chi connectivity index (χ0n) is 9.50. The summed E-state index contributed by atoms with van der Waals surface area (Å²) in [4.78, 5) is 11.4. The summed E-state index contributed by atoms with van der Waals surface area (Å²) < 4.78 is 4.84. The van der Waals surface area contributed by atoms with Crippen LogP contribution in [0.4, 0.5) is 0 Å². The normalized spacial score (nSPS) is 9.76. The summed E-state index contributed by atoms with van der Waals surface area (Å²) in [6.45, 7) is 2.34. The van der Waals surface area contributed by atoms with E-state index >= 15 is 0 Å². The Kier molecular flexibility index (Phi) is 4.95. The lowest BCUT2D eigenvalue weighted by Gasteiger charge is -2.08. The summed E-state index contributed by atoms with van der Waals surface area (Å²) in [5.41, 5.74) is 7.18. The molecule has 0 amide bonds. The number of carbonyl (C=O) groups is 1. The third-order valence-electron chi connectivity index (χ3n) is 2.20. The van der Waals surface area contributed by atoms with Gasteiger partial charge in [-0.05, 0) is 24.1 Å². The van der Waals surface area contributed by atoms with Crippen LogP contribution < -0.4 is 5.73 Å². The molecule has 90 valence electrons. The van der Waals surface area contributed by atoms with Crippen LogP contribution in [-0.4, -0.2) is 12.6 Å². The smallest absolute Gasteiger partial charge is 0.310 e. The third-order valence-corrected chi connectivity index (χ3v) is 2.65. The molecule has 0 aromatic heterocycles. The number of nitrogens with two attached hydrogens (primary N) is 1. The van der Waals surface area contributed by atoms with Crippen LogP contribution in [0.25, 0.3) is 0 Å². The molecule has 1 aromatic rings. The van der Waals surface area contributed by atoms with Crippen LogP contribution in [0.5, 0.6) is 0 Å². The second-order valence-corrected chi connectivity index (χ2v) is 3.79. The summed E-state index contributed by atoms with van der Waals surface area (Å²) >= 11 is 6.01. The van der Waals surface area contributed by atoms with Gasteiger partial charge in [0.15, 0.2) is 0 Å². The molecule has 0 aliphatic carbocycles. The van der Waals surface area contributed by atoms with Crippen LogP contribution >= 0.6 is 11.6 Å². The molecule has 0 aliphatic rings. The molecule has 5 heteroatoms. The van der Waals surface area contributed by atoms with Crippen molar-refractivity contribution in [3.05, 3.63) is 33.8 Å². The van der Waals surface area contributed by atoms with E-state index in [1.807, 2.05) is 6.07 Å². The minimum Gasteiger partial charge on any atom is -0.466 e. The molecular weight excluding hydrogens is 240 g/mol. The average molecular weight is 253 g/mol. The van der Waals surface area contributed by atoms with Crippen LogP contribution in [0.15, 0.2) is 12.1 Å². The van der Waals surface area contributed by atoms with Gasteiger partial charge in [-0.3, -0.25) is 4.79 Å². The number of ether oxygens (including phenoxy) is 1. The summed E-state index contributed by atoms with van der Waals surface area (Å²) in [5.74, 6) is -0.368. The number of carbonyl (C=O) groups excluding carboxylic acids is 1. The predicted octanol–water partition coefficient (Wildman–Crippen LogP) is 1.78. The lowest BCUT2D eigenvalue weighted by molar-refractivity contribution is -0.142. The minimum absolute atomic E-state index is 0.0508. The van der Waals surface area contributed by atoms with Gasteiger partial charge in [0.1, 0.15) is 6.07 Å². The van der Waals surface area contributed by atoms with Gasteiger partial charge in [0.2, 0.25) is 0 Å². The van der Waals surface area contributed by atoms with Gasteiger partial charge < -0.3 is 10.5 Å². The van der Waals surface area contributed by atoms with Crippen molar-refractivity contribution in [1.29, 1.82) is 5.26 Å². The molecule has 0 fully saturated rings. The molecule has 0 unspecified atom stereocenters. The number of halogens is 1. The largest absolute Gasteiger partial charge is 0.466 e. The van der Waals surface area contributed by atoms with E-state index < -0.39 is 0 Å². The van der Waals surface area contributed by atoms with E-state index in [-0.39, 0.29) is 17.4 Å². The van der Waals surface area contributed by atoms with Crippen LogP contribution in [0, 0.1) is 11.3 Å². The summed E-state index contributed by atoms with van der Waals surface area (Å²) in [6.07, 6.45) is 0.0508. The number of hydrogen-bond donors (Lipinski definition) is 1. The monoisotopic (exact) mass is 252 g/mol. The Morgan fingerprint density at radius 2 is 2.29 bits per heavy atom. The molecule has 0 saturated heterocycles. The number of hydrogen-bond acceptors (Lipinski definition) is 4. The second kappa shape index (κ2) is 6.24. The highest BCUT2D eigenvalue weighted by Gasteiger charge is 2.12. The second-order valence-electron chi connectivity index (χ2n) is 3.41. The standard InChI is InChI=1S/C12H13ClN2O2/c1-2-17-11(16)5-9-3-8(6-14)4-10(7-15)12(9)13/h3-4H,2,5-6,14H2,1H3. The van der Waals surface area contributed by atoms with Gasteiger partial charge in [-0.1, -0.05) is 17.7 Å². The first-order valence-electron chi connectivity index (χ1n) is 5.19. The molecule has 0 heterocycles. The number of benzene rings is 1. The van der Waals surface area contributed by atoms with Crippen LogP contribution in [0.3, 0.4) is 0 Å². The van der Waals surface area contributed by atoms with Gasteiger partial charge in [0.05, 0.1) is 23.6 Å². The average Bonchev–Trinajstić information content (AvgIpc) is 2.32. The van der Waals surface area contributed by atoms with Crippen LogP contribution in [0.1, 0.15) is 23.6 Å². The van der Waals surface area contributed by atoms with Crippen molar-refractivity contribution in [2.45, 2.75) is 19.9 Å². The van der Waals surface area contributed by atoms with E-state index in [1.54, 1.807) is 19.1 Å². The molecular formula is C12H13ClN2O2. The molecule has 0 atom stereocenters. The molecule has 0 aliphatic heterocycles. The van der Waals surface area contributed by atoms with E-state index in [2.05, 4.69) is 0 Å². The van der Waals surface area contributed by atoms with Crippen molar-refractivity contribution in [2.75, 3.05) is 6.61 Å². The fourth-order valence-electron chi connectivity index (χ4n) is 1.45. The van der Waals surface area contributed by atoms with Crippen LogP contribution in [-0.2, 0) is 22.5 Å². The summed E-state index contributed by atoms with van der Waals surface area (Å²) in [5, 5.41) is 9.20. The minimum atomic E-state index is -0.368. The first-order chi connectivity index (χ1) is 8.12. The molecule has 2 N–H and O–H groups in total. The molecule has 4 nitrogen and oxygen atoms in total. The lowest BCUT2D eigenvalue weighted by Crippen LogP contribution is -2.09. The van der Waals surface area contributed by atoms with Gasteiger partial charge in [0.25, 0.3) is 0 Å². The summed E-state index contributed by atoms with van der Waals surface area (Å²) in [6, 6.07) is 5.32. The Balaban J connectivity index is 3.06. The fourth-order valence-corrected chi connectivity index (χ4v) is 1.66. The maximum atomic E-state index is 11.4. The number of rotatable bonds is 4. The number of esters is 1. The van der Waals surface area contributed by atoms with Gasteiger partial charge >= 0.3 is 5.97 Å². The summed E-state index contributed by atoms with van der Waals surface area (Å²) in [7, 11) is 0. The van der Waals surface area contributed by atoms with Gasteiger partial charge in [-0.25, -0.2) is 0 Å². The van der Waals surface area contributed by atoms with E-state index in [9.17, 15) is 4.79 Å². The molecule has 17 heavy (non-hydrogen) atoms. The molecule has 1 aromatic carbocycles. The Hall–Kier alpha value is -1.57. The number of nitrogens with zero attached hydrogens (tertiary/aromatic N) is 1. The quantitative estimate of drug-likeness (QED) is 0.829.